The predicted octanol–water partition coefficient (Wildman–Crippen LogP) is -4.60. The van der Waals surface area contributed by atoms with Crippen molar-refractivity contribution in [3.05, 3.63) is 45.7 Å². The minimum atomic E-state index is -1.87. The van der Waals surface area contributed by atoms with Crippen molar-refractivity contribution in [2.75, 3.05) is 117 Å². The number of amides is 13. The molecule has 1 aromatic carbocycles. The summed E-state index contributed by atoms with van der Waals surface area (Å²) in [5.41, 5.74) is 28.2. The molecule has 0 bridgehead atoms. The van der Waals surface area contributed by atoms with E-state index in [1.807, 2.05) is 6.92 Å². The molecule has 576 valence electrons. The first-order valence-corrected chi connectivity index (χ1v) is 36.9. The number of thioether (sulfide) groups is 2. The fourth-order valence-corrected chi connectivity index (χ4v) is 13.6. The lowest BCUT2D eigenvalue weighted by atomic mass is 10.0. The molecule has 0 radical (unpaired) electrons. The number of benzene rings is 1. The number of nitrogens with two attached hydrogens (primary N) is 5. The number of nitrogens with zero attached hydrogens (tertiary/aromatic N) is 3. The molecular weight excluding hydrogens is 1380 g/mol. The van der Waals surface area contributed by atoms with E-state index in [4.69, 9.17) is 42.9 Å². The second-order valence-corrected chi connectivity index (χ2v) is 27.0. The molecule has 1 aromatic rings. The number of carbonyl (C=O) groups excluding carboxylic acids is 13. The van der Waals surface area contributed by atoms with Gasteiger partial charge in [-0.25, -0.2) is 0 Å². The molecule has 13 amide bonds. The second-order valence-electron chi connectivity index (χ2n) is 25.0. The topological polar surface area (TPSA) is 543 Å². The predicted molar refractivity (Wildman–Crippen MR) is 379 cm³/mol. The Morgan fingerprint density at radius 1 is 0.602 bits per heavy atom. The summed E-state index contributed by atoms with van der Waals surface area (Å²) in [4.78, 5) is 193. The molecule has 2 fully saturated rings. The second kappa shape index (κ2) is 48.2. The van der Waals surface area contributed by atoms with Crippen LogP contribution >= 0.6 is 23.5 Å². The first-order chi connectivity index (χ1) is 49.3. The van der Waals surface area contributed by atoms with Gasteiger partial charge in [-0.15, -0.1) is 23.5 Å². The van der Waals surface area contributed by atoms with Gasteiger partial charge in [-0.05, 0) is 63.9 Å². The monoisotopic (exact) mass is 1490 g/mol. The molecule has 0 aliphatic carbocycles. The summed E-state index contributed by atoms with van der Waals surface area (Å²) in [5, 5.41) is 41.3. The normalized spacial score (nSPS) is 16.9. The zero-order chi connectivity index (χ0) is 75.8. The number of carboxylic acid groups (broad SMARTS) is 1. The number of aliphatic hydroxyl groups excluding tert-OH is 1. The Labute approximate surface area is 607 Å². The molecule has 37 heteroatoms. The van der Waals surface area contributed by atoms with E-state index in [0.717, 1.165) is 11.3 Å². The van der Waals surface area contributed by atoms with E-state index >= 15 is 0 Å². The third-order valence-corrected chi connectivity index (χ3v) is 19.0. The number of primary amides is 3. The summed E-state index contributed by atoms with van der Waals surface area (Å²) >= 11 is 1.29. The maximum Gasteiger partial charge on any atom is 0.305 e. The van der Waals surface area contributed by atoms with E-state index < -0.39 is 156 Å². The third kappa shape index (κ3) is 31.5. The van der Waals surface area contributed by atoms with Gasteiger partial charge in [-0.3, -0.25) is 72.0 Å². The summed E-state index contributed by atoms with van der Waals surface area (Å²) in [6.07, 6.45) is 0.375. The lowest BCUT2D eigenvalue weighted by Gasteiger charge is -2.32. The number of rotatable bonds is 54. The van der Waals surface area contributed by atoms with E-state index in [-0.39, 0.29) is 106 Å². The summed E-state index contributed by atoms with van der Waals surface area (Å²) < 4.78 is 17.1. The molecule has 0 unspecified atom stereocenters. The first kappa shape index (κ1) is 87.5. The van der Waals surface area contributed by atoms with Crippen molar-refractivity contribution in [1.29, 1.82) is 0 Å². The van der Waals surface area contributed by atoms with E-state index in [1.54, 1.807) is 30.3 Å². The lowest BCUT2D eigenvalue weighted by Crippen LogP contribution is -2.59. The third-order valence-electron chi connectivity index (χ3n) is 16.6. The fourth-order valence-electron chi connectivity index (χ4n) is 11.2. The van der Waals surface area contributed by atoms with Crippen LogP contribution in [0.4, 0.5) is 0 Å². The SMILES string of the molecule is CCCCCC(=O)N[C@@H](CSC1=C(SC[C@H](NC(=O)[C@H](Cc2ccccc2)NC(=O)[C@H](CCC(N)=O)NC(=O)C[C@@H](C)O)C(=O)N[C@@H](CC(=O)O)C(N)=O)C(=O)N(CCCOCCOCCOCCCNC(=O)C(CNCCN)CNCCN)C1=O)C(=O)N1CCC[C@H]1C(=O)N1CCC[C@H]1C(N)=O. The number of unbranched alkanes of at least 4 members (excludes halogenated alkanes) is 2. The van der Waals surface area contributed by atoms with Crippen LogP contribution in [0.1, 0.15) is 109 Å². The fraction of sp³-hybridized carbons (Fsp3) is 0.667. The largest absolute Gasteiger partial charge is 0.481 e. The Morgan fingerprint density at radius 2 is 1.15 bits per heavy atom. The van der Waals surface area contributed by atoms with Gasteiger partial charge in [-0.2, -0.15) is 0 Å². The quantitative estimate of drug-likeness (QED) is 0.0216. The van der Waals surface area contributed by atoms with Gasteiger partial charge in [0.15, 0.2) is 0 Å². The van der Waals surface area contributed by atoms with E-state index in [2.05, 4.69) is 42.5 Å². The summed E-state index contributed by atoms with van der Waals surface area (Å²) in [5.74, 6) is -13.4. The first-order valence-electron chi connectivity index (χ1n) is 34.9. The molecule has 0 saturated carbocycles. The van der Waals surface area contributed by atoms with E-state index in [9.17, 15) is 77.3 Å². The number of hydrogen-bond donors (Lipinski definition) is 15. The Kier molecular flexibility index (Phi) is 41.0. The van der Waals surface area contributed by atoms with Crippen molar-refractivity contribution in [2.45, 2.75) is 159 Å². The van der Waals surface area contributed by atoms with Crippen LogP contribution in [-0.4, -0.2) is 273 Å². The van der Waals surface area contributed by atoms with Crippen molar-refractivity contribution < 1.29 is 91.5 Å². The molecule has 3 aliphatic heterocycles. The number of carbonyl (C=O) groups is 14. The summed E-state index contributed by atoms with van der Waals surface area (Å²) in [7, 11) is 0. The minimum absolute atomic E-state index is 0.00962. The van der Waals surface area contributed by atoms with Gasteiger partial charge in [0, 0.05) is 109 Å². The molecule has 0 spiro atoms. The van der Waals surface area contributed by atoms with Crippen LogP contribution in [0.25, 0.3) is 0 Å². The van der Waals surface area contributed by atoms with Crippen LogP contribution in [0, 0.1) is 5.92 Å². The highest BCUT2D eigenvalue weighted by Crippen LogP contribution is 2.38. The highest BCUT2D eigenvalue weighted by molar-refractivity contribution is 8.08. The van der Waals surface area contributed by atoms with Crippen LogP contribution in [0.3, 0.4) is 0 Å². The average molecular weight is 1490 g/mol. The Morgan fingerprint density at radius 3 is 1.72 bits per heavy atom. The number of aliphatic carboxylic acids is 1. The Bertz CT molecular complexity index is 3020. The van der Waals surface area contributed by atoms with Gasteiger partial charge in [-0.1, -0.05) is 50.1 Å². The van der Waals surface area contributed by atoms with Crippen LogP contribution in [0.15, 0.2) is 40.1 Å². The van der Waals surface area contributed by atoms with Crippen LogP contribution < -0.4 is 71.2 Å². The number of likely N-dealkylation sites (tertiary alicyclic amines) is 2. The van der Waals surface area contributed by atoms with Crippen molar-refractivity contribution in [3.8, 4) is 0 Å². The molecule has 35 nitrogen and oxygen atoms in total. The maximum absolute atomic E-state index is 14.9. The molecule has 0 aromatic heterocycles. The molecular formula is C66H106N16O19S2. The van der Waals surface area contributed by atoms with Gasteiger partial charge < -0.3 is 105 Å². The zero-order valence-electron chi connectivity index (χ0n) is 58.8. The van der Waals surface area contributed by atoms with Crippen LogP contribution in [0.2, 0.25) is 0 Å². The van der Waals surface area contributed by atoms with Crippen molar-refractivity contribution in [3.63, 3.8) is 0 Å². The highest BCUT2D eigenvalue weighted by atomic mass is 32.2. The number of carboxylic acids is 1. The average Bonchev–Trinajstić information content (AvgIpc) is 1.67. The van der Waals surface area contributed by atoms with Crippen molar-refractivity contribution in [1.82, 2.24) is 57.2 Å². The van der Waals surface area contributed by atoms with E-state index in [1.165, 1.54) is 16.7 Å². The van der Waals surface area contributed by atoms with Crippen molar-refractivity contribution >= 4 is 106 Å². The summed E-state index contributed by atoms with van der Waals surface area (Å²) in [6.45, 7) is 7.79. The number of imide groups is 1. The highest BCUT2D eigenvalue weighted by Gasteiger charge is 2.45. The molecule has 3 heterocycles. The lowest BCUT2D eigenvalue weighted by molar-refractivity contribution is -0.147. The molecule has 3 aliphatic rings. The van der Waals surface area contributed by atoms with Crippen LogP contribution in [-0.2, 0) is 87.8 Å². The molecule has 103 heavy (non-hydrogen) atoms. The molecule has 20 N–H and O–H groups in total. The molecule has 8 atom stereocenters. The minimum Gasteiger partial charge on any atom is -0.481 e. The van der Waals surface area contributed by atoms with Crippen LogP contribution in [0.5, 0.6) is 0 Å². The Balaban J connectivity index is 1.62. The number of hydrogen-bond acceptors (Lipinski definition) is 24. The zero-order valence-corrected chi connectivity index (χ0v) is 60.4. The van der Waals surface area contributed by atoms with Gasteiger partial charge in [0.25, 0.3) is 11.8 Å². The van der Waals surface area contributed by atoms with Gasteiger partial charge in [0.2, 0.25) is 65.0 Å². The molecule has 4 rings (SSSR count). The van der Waals surface area contributed by atoms with Gasteiger partial charge in [0.1, 0.15) is 42.3 Å². The number of ether oxygens (including phenoxy) is 3. The number of aliphatic hydroxyl groups is 1. The standard InChI is InChI=1S/C66H106N16O19S2/c1-3-4-6-17-52(85)76-48(63(95)81-26-10-16-50(81)64(96)80-25-9-15-49(80)58(71)90)40-103-56-55(65(97)82(66(56)98)27-12-29-100-31-33-101-32-30-99-28-11-22-74-59(91)43(37-72-23-20-67)38-73-24-21-68)102-39-47(62(94)77-45(57(70)89)36-54(87)88)79-61(93)46(35-42-13-7-5-8-14-42)78-60(92)44(18-19-51(69)84)75-53(86)34-41(2)83/h5,7-8,13-14,41,43-50,72-73,83H,3-4,6,9-12,15-40,67-68H2,1-2H3,(H2,69,84)(H2,70,89)(H2,71,90)(H,74,91)(H,75,86)(H,76,85)(H,77,94)(H,78,92)(H,79,93)(H,87,88)/t41-,44+,45+,46+,47+,48+,49+,50+/m1/s1. The van der Waals surface area contributed by atoms with Gasteiger partial charge >= 0.3 is 5.97 Å². The van der Waals surface area contributed by atoms with Crippen molar-refractivity contribution in [2.24, 2.45) is 34.6 Å². The summed E-state index contributed by atoms with van der Waals surface area (Å²) in [6, 6.07) is -2.02. The Hall–Kier alpha value is -7.88. The van der Waals surface area contributed by atoms with E-state index in [0.29, 0.717) is 120 Å². The smallest absolute Gasteiger partial charge is 0.305 e. The maximum atomic E-state index is 14.9. The van der Waals surface area contributed by atoms with Gasteiger partial charge in [0.05, 0.1) is 61.1 Å². The molecule has 2 saturated heterocycles. The number of nitrogens with one attached hydrogen (secondary N) is 8.